The van der Waals surface area contributed by atoms with E-state index in [4.69, 9.17) is 9.72 Å². The van der Waals surface area contributed by atoms with Crippen LogP contribution >= 0.6 is 0 Å². The van der Waals surface area contributed by atoms with Gasteiger partial charge in [0.15, 0.2) is 0 Å². The lowest BCUT2D eigenvalue weighted by Gasteiger charge is -2.17. The van der Waals surface area contributed by atoms with Crippen LogP contribution in [0.1, 0.15) is 32.0 Å². The van der Waals surface area contributed by atoms with Gasteiger partial charge in [-0.25, -0.2) is 4.98 Å². The van der Waals surface area contributed by atoms with Gasteiger partial charge in [-0.05, 0) is 30.7 Å². The van der Waals surface area contributed by atoms with Crippen LogP contribution in [0, 0.1) is 10.1 Å². The SMILES string of the molecule is CCC(C)c1nc2ccccc2n1CC(O)COc1ccc([N+](=O)[O-])cc1. The summed E-state index contributed by atoms with van der Waals surface area (Å²) < 4.78 is 7.63. The molecular formula is C20H23N3O4. The van der Waals surface area contributed by atoms with Crippen molar-refractivity contribution >= 4 is 16.7 Å². The lowest BCUT2D eigenvalue weighted by atomic mass is 10.1. The zero-order valence-electron chi connectivity index (χ0n) is 15.4. The summed E-state index contributed by atoms with van der Waals surface area (Å²) >= 11 is 0. The average molecular weight is 369 g/mol. The molecule has 2 aromatic carbocycles. The molecule has 0 saturated carbocycles. The predicted octanol–water partition coefficient (Wildman–Crippen LogP) is 3.90. The van der Waals surface area contributed by atoms with Crippen LogP contribution < -0.4 is 4.74 Å². The molecule has 0 radical (unpaired) electrons. The largest absolute Gasteiger partial charge is 0.491 e. The standard InChI is InChI=1S/C20H23N3O4/c1-3-14(2)20-21-18-6-4-5-7-19(18)22(20)12-16(24)13-27-17-10-8-15(9-11-17)23(25)26/h4-11,14,16,24H,3,12-13H2,1-2H3. The Morgan fingerprint density at radius 3 is 2.59 bits per heavy atom. The van der Waals surface area contributed by atoms with Crippen LogP contribution in [-0.2, 0) is 6.54 Å². The summed E-state index contributed by atoms with van der Waals surface area (Å²) in [6, 6.07) is 13.7. The molecule has 7 nitrogen and oxygen atoms in total. The normalized spacial score (nSPS) is 13.4. The molecule has 0 fully saturated rings. The van der Waals surface area contributed by atoms with E-state index in [-0.39, 0.29) is 18.2 Å². The van der Waals surface area contributed by atoms with Gasteiger partial charge in [-0.3, -0.25) is 10.1 Å². The Morgan fingerprint density at radius 1 is 1.22 bits per heavy atom. The molecule has 1 aromatic heterocycles. The smallest absolute Gasteiger partial charge is 0.269 e. The predicted molar refractivity (Wildman–Crippen MR) is 103 cm³/mol. The van der Waals surface area contributed by atoms with Crippen LogP contribution in [-0.4, -0.2) is 32.3 Å². The number of imidazole rings is 1. The highest BCUT2D eigenvalue weighted by Crippen LogP contribution is 2.24. The Hall–Kier alpha value is -2.93. The Kier molecular flexibility index (Phi) is 5.71. The van der Waals surface area contributed by atoms with E-state index in [2.05, 4.69) is 13.8 Å². The summed E-state index contributed by atoms with van der Waals surface area (Å²) in [6.07, 6.45) is 0.222. The molecule has 0 saturated heterocycles. The number of para-hydroxylation sites is 2. The van der Waals surface area contributed by atoms with Crippen LogP contribution in [0.2, 0.25) is 0 Å². The minimum atomic E-state index is -0.736. The Bertz CT molecular complexity index is 921. The first-order valence-electron chi connectivity index (χ1n) is 9.00. The molecule has 2 unspecified atom stereocenters. The summed E-state index contributed by atoms with van der Waals surface area (Å²) in [7, 11) is 0. The van der Waals surface area contributed by atoms with Gasteiger partial charge in [0, 0.05) is 18.1 Å². The molecule has 0 spiro atoms. The molecule has 0 aliphatic heterocycles. The van der Waals surface area contributed by atoms with Crippen LogP contribution in [0.3, 0.4) is 0 Å². The Morgan fingerprint density at radius 2 is 1.93 bits per heavy atom. The van der Waals surface area contributed by atoms with Crippen molar-refractivity contribution in [1.82, 2.24) is 9.55 Å². The molecule has 0 amide bonds. The van der Waals surface area contributed by atoms with Crippen LogP contribution in [0.15, 0.2) is 48.5 Å². The first-order valence-corrected chi connectivity index (χ1v) is 9.00. The maximum absolute atomic E-state index is 10.7. The zero-order chi connectivity index (χ0) is 19.4. The third kappa shape index (κ3) is 4.25. The van der Waals surface area contributed by atoms with Crippen molar-refractivity contribution in [2.45, 2.75) is 38.8 Å². The molecule has 3 rings (SSSR count). The fourth-order valence-electron chi connectivity index (χ4n) is 2.96. The monoisotopic (exact) mass is 369 g/mol. The maximum atomic E-state index is 10.7. The van der Waals surface area contributed by atoms with Crippen molar-refractivity contribution in [3.63, 3.8) is 0 Å². The third-order valence-corrected chi connectivity index (χ3v) is 4.62. The van der Waals surface area contributed by atoms with E-state index in [0.29, 0.717) is 12.3 Å². The van der Waals surface area contributed by atoms with Gasteiger partial charge in [0.05, 0.1) is 22.5 Å². The molecule has 1 N–H and O–H groups in total. The van der Waals surface area contributed by atoms with Gasteiger partial charge in [-0.15, -0.1) is 0 Å². The Balaban J connectivity index is 1.71. The molecule has 1 heterocycles. The van der Waals surface area contributed by atoms with Crippen molar-refractivity contribution in [2.24, 2.45) is 0 Å². The van der Waals surface area contributed by atoms with E-state index in [1.54, 1.807) is 0 Å². The average Bonchev–Trinajstić information content (AvgIpc) is 3.04. The van der Waals surface area contributed by atoms with Gasteiger partial charge in [0.1, 0.15) is 24.3 Å². The van der Waals surface area contributed by atoms with Gasteiger partial charge in [0.2, 0.25) is 0 Å². The highest BCUT2D eigenvalue weighted by molar-refractivity contribution is 5.76. The van der Waals surface area contributed by atoms with E-state index in [9.17, 15) is 15.2 Å². The number of aromatic nitrogens is 2. The topological polar surface area (TPSA) is 90.4 Å². The molecule has 2 atom stereocenters. The number of nitro benzene ring substituents is 1. The molecule has 0 aliphatic carbocycles. The quantitative estimate of drug-likeness (QED) is 0.480. The van der Waals surface area contributed by atoms with Gasteiger partial charge >= 0.3 is 0 Å². The van der Waals surface area contributed by atoms with Crippen molar-refractivity contribution < 1.29 is 14.8 Å². The van der Waals surface area contributed by atoms with Crippen LogP contribution in [0.25, 0.3) is 11.0 Å². The molecule has 7 heteroatoms. The molecule has 142 valence electrons. The zero-order valence-corrected chi connectivity index (χ0v) is 15.4. The lowest BCUT2D eigenvalue weighted by molar-refractivity contribution is -0.384. The first-order chi connectivity index (χ1) is 13.0. The van der Waals surface area contributed by atoms with Crippen molar-refractivity contribution in [3.8, 4) is 5.75 Å². The summed E-state index contributed by atoms with van der Waals surface area (Å²) in [5, 5.41) is 21.2. The number of nitro groups is 1. The van der Waals surface area contributed by atoms with E-state index >= 15 is 0 Å². The number of nitrogens with zero attached hydrogens (tertiary/aromatic N) is 3. The third-order valence-electron chi connectivity index (χ3n) is 4.62. The van der Waals surface area contributed by atoms with Gasteiger partial charge < -0.3 is 14.4 Å². The molecule has 3 aromatic rings. The molecule has 0 aliphatic rings. The summed E-state index contributed by atoms with van der Waals surface area (Å²) in [4.78, 5) is 15.0. The van der Waals surface area contributed by atoms with Crippen molar-refractivity contribution in [3.05, 3.63) is 64.5 Å². The molecule has 0 bridgehead atoms. The number of rotatable bonds is 8. The molecular weight excluding hydrogens is 346 g/mol. The number of aliphatic hydroxyl groups excluding tert-OH is 1. The van der Waals surface area contributed by atoms with E-state index in [0.717, 1.165) is 23.3 Å². The second-order valence-electron chi connectivity index (χ2n) is 6.59. The van der Waals surface area contributed by atoms with E-state index < -0.39 is 11.0 Å². The number of hydrogen-bond acceptors (Lipinski definition) is 5. The van der Waals surface area contributed by atoms with Gasteiger partial charge in [-0.2, -0.15) is 0 Å². The van der Waals surface area contributed by atoms with E-state index in [1.807, 2.05) is 28.8 Å². The summed E-state index contributed by atoms with van der Waals surface area (Å²) in [5.41, 5.74) is 1.91. The van der Waals surface area contributed by atoms with Gasteiger partial charge in [0.25, 0.3) is 5.69 Å². The number of fused-ring (bicyclic) bond motifs is 1. The first kappa shape index (κ1) is 18.8. The second-order valence-corrected chi connectivity index (χ2v) is 6.59. The lowest BCUT2D eigenvalue weighted by Crippen LogP contribution is -2.25. The van der Waals surface area contributed by atoms with Crippen LogP contribution in [0.4, 0.5) is 5.69 Å². The molecule has 27 heavy (non-hydrogen) atoms. The fraction of sp³-hybridized carbons (Fsp3) is 0.350. The fourth-order valence-corrected chi connectivity index (χ4v) is 2.96. The second kappa shape index (κ2) is 8.18. The van der Waals surface area contributed by atoms with Crippen molar-refractivity contribution in [1.29, 1.82) is 0 Å². The summed E-state index contributed by atoms with van der Waals surface area (Å²) in [6.45, 7) is 4.69. The highest BCUT2D eigenvalue weighted by Gasteiger charge is 2.18. The highest BCUT2D eigenvalue weighted by atomic mass is 16.6. The number of non-ortho nitro benzene ring substituents is 1. The number of benzene rings is 2. The minimum absolute atomic E-state index is 0.00554. The number of hydrogen-bond donors (Lipinski definition) is 1. The Labute approximate surface area is 157 Å². The minimum Gasteiger partial charge on any atom is -0.491 e. The van der Waals surface area contributed by atoms with Gasteiger partial charge in [-0.1, -0.05) is 26.0 Å². The maximum Gasteiger partial charge on any atom is 0.269 e. The van der Waals surface area contributed by atoms with Crippen LogP contribution in [0.5, 0.6) is 5.75 Å². The number of aliphatic hydroxyl groups is 1. The van der Waals surface area contributed by atoms with Crippen molar-refractivity contribution in [2.75, 3.05) is 6.61 Å². The number of ether oxygens (including phenoxy) is 1. The summed E-state index contributed by atoms with van der Waals surface area (Å²) in [5.74, 6) is 1.71. The van der Waals surface area contributed by atoms with E-state index in [1.165, 1.54) is 24.3 Å².